The second kappa shape index (κ2) is 13.5. The van der Waals surface area contributed by atoms with Crippen molar-refractivity contribution in [3.63, 3.8) is 0 Å². The van der Waals surface area contributed by atoms with Crippen molar-refractivity contribution in [3.8, 4) is 22.5 Å². The molecule has 10 heteroatoms. The molecular formula is C36H34F3N5O2. The molecule has 3 aromatic carbocycles. The van der Waals surface area contributed by atoms with Crippen molar-refractivity contribution in [1.82, 2.24) is 19.9 Å². The first kappa shape index (κ1) is 30.9. The fraction of sp³-hybridized carbons (Fsp3) is 0.250. The molecule has 2 aromatic heterocycles. The molecule has 7 nitrogen and oxygen atoms in total. The zero-order valence-electron chi connectivity index (χ0n) is 25.3. The second-order valence-electron chi connectivity index (χ2n) is 11.4. The molecule has 3 heterocycles. The predicted molar refractivity (Wildman–Crippen MR) is 171 cm³/mol. The molecule has 1 aliphatic rings. The van der Waals surface area contributed by atoms with E-state index in [0.717, 1.165) is 28.8 Å². The Morgan fingerprint density at radius 2 is 1.67 bits per heavy atom. The number of anilines is 1. The lowest BCUT2D eigenvalue weighted by molar-refractivity contribution is -0.137. The second-order valence-corrected chi connectivity index (χ2v) is 11.4. The summed E-state index contributed by atoms with van der Waals surface area (Å²) in [7, 11) is 0. The number of imidazole rings is 1. The molecule has 5 aromatic rings. The Bertz CT molecular complexity index is 1770. The Labute approximate surface area is 265 Å². The average Bonchev–Trinajstić information content (AvgIpc) is 3.54. The van der Waals surface area contributed by atoms with Gasteiger partial charge >= 0.3 is 12.3 Å². The lowest BCUT2D eigenvalue weighted by Gasteiger charge is -2.30. The zero-order valence-corrected chi connectivity index (χ0v) is 25.3. The van der Waals surface area contributed by atoms with E-state index in [1.54, 1.807) is 17.2 Å². The van der Waals surface area contributed by atoms with Gasteiger partial charge in [0.2, 0.25) is 0 Å². The molecule has 0 unspecified atom stereocenters. The highest BCUT2D eigenvalue weighted by molar-refractivity contribution is 5.80. The number of nitrogens with zero attached hydrogens (tertiary/aromatic N) is 3. The third-order valence-corrected chi connectivity index (χ3v) is 8.24. The lowest BCUT2D eigenvalue weighted by atomic mass is 9.96. The van der Waals surface area contributed by atoms with Gasteiger partial charge in [0.1, 0.15) is 18.2 Å². The summed E-state index contributed by atoms with van der Waals surface area (Å²) in [6.07, 6.45) is -1.92. The van der Waals surface area contributed by atoms with Gasteiger partial charge in [0, 0.05) is 42.4 Å². The number of rotatable bonds is 8. The highest BCUT2D eigenvalue weighted by atomic mass is 19.4. The van der Waals surface area contributed by atoms with Gasteiger partial charge in [0.25, 0.3) is 0 Å². The number of carbonyl (C=O) groups excluding carboxylic acids is 1. The van der Waals surface area contributed by atoms with Crippen LogP contribution in [0.4, 0.5) is 23.8 Å². The fourth-order valence-corrected chi connectivity index (χ4v) is 5.70. The van der Waals surface area contributed by atoms with E-state index in [1.807, 2.05) is 79.7 Å². The number of pyridine rings is 1. The monoisotopic (exact) mass is 625 g/mol. The summed E-state index contributed by atoms with van der Waals surface area (Å²) in [5.41, 5.74) is 3.41. The van der Waals surface area contributed by atoms with Gasteiger partial charge < -0.3 is 19.9 Å². The zero-order chi connectivity index (χ0) is 32.1. The van der Waals surface area contributed by atoms with Crippen LogP contribution in [0.1, 0.15) is 54.2 Å². The number of amides is 1. The number of hydrogen-bond acceptors (Lipinski definition) is 5. The normalized spacial score (nSPS) is 14.6. The summed E-state index contributed by atoms with van der Waals surface area (Å²) >= 11 is 0. The van der Waals surface area contributed by atoms with E-state index in [4.69, 9.17) is 9.72 Å². The molecule has 1 saturated heterocycles. The van der Waals surface area contributed by atoms with Gasteiger partial charge in [0.05, 0.1) is 17.0 Å². The van der Waals surface area contributed by atoms with Gasteiger partial charge in [-0.25, -0.2) is 14.8 Å². The van der Waals surface area contributed by atoms with E-state index >= 15 is 0 Å². The minimum Gasteiger partial charge on any atom is -0.445 e. The summed E-state index contributed by atoms with van der Waals surface area (Å²) in [4.78, 5) is 27.2. The minimum atomic E-state index is -4.49. The van der Waals surface area contributed by atoms with Crippen LogP contribution in [0.25, 0.3) is 22.5 Å². The number of alkyl halides is 3. The molecule has 1 fully saturated rings. The van der Waals surface area contributed by atoms with Gasteiger partial charge in [-0.2, -0.15) is 13.2 Å². The molecule has 236 valence electrons. The number of H-pyrrole nitrogens is 1. The minimum absolute atomic E-state index is 0.0194. The number of carbonyl (C=O) groups is 1. The molecule has 6 rings (SSSR count). The lowest BCUT2D eigenvalue weighted by Crippen LogP contribution is -2.38. The highest BCUT2D eigenvalue weighted by Gasteiger charge is 2.32. The molecule has 1 atom stereocenters. The van der Waals surface area contributed by atoms with E-state index in [0.29, 0.717) is 54.5 Å². The summed E-state index contributed by atoms with van der Waals surface area (Å²) in [6.45, 7) is 3.20. The standard InChI is InChI=1S/C36H34F3N5O2/c1-24(26-11-6-3-7-12-26)41-31-22-29(15-18-40-31)33-32(28-13-8-14-30(21-28)36(37,38)39)42-34(43-33)27-16-19-44(20-17-27)35(45)46-23-25-9-4-2-5-10-25/h2-15,18,21-22,24,27H,16-17,19-20,23H2,1H3,(H,40,41)(H,42,43)/t24-/m0/s1. The highest BCUT2D eigenvalue weighted by Crippen LogP contribution is 2.38. The average molecular weight is 626 g/mol. The maximum absolute atomic E-state index is 13.7. The van der Waals surface area contributed by atoms with E-state index in [1.165, 1.54) is 6.07 Å². The van der Waals surface area contributed by atoms with Crippen molar-refractivity contribution in [2.24, 2.45) is 0 Å². The van der Waals surface area contributed by atoms with Gasteiger partial charge in [-0.1, -0.05) is 72.8 Å². The maximum Gasteiger partial charge on any atom is 0.416 e. The van der Waals surface area contributed by atoms with Crippen LogP contribution in [0, 0.1) is 0 Å². The molecule has 0 radical (unpaired) electrons. The van der Waals surface area contributed by atoms with Crippen LogP contribution in [0.2, 0.25) is 0 Å². The van der Waals surface area contributed by atoms with Crippen LogP contribution >= 0.6 is 0 Å². The Morgan fingerprint density at radius 3 is 2.39 bits per heavy atom. The smallest absolute Gasteiger partial charge is 0.416 e. The van der Waals surface area contributed by atoms with Crippen LogP contribution in [0.3, 0.4) is 0 Å². The Balaban J connectivity index is 1.25. The number of benzene rings is 3. The maximum atomic E-state index is 13.7. The number of hydrogen-bond donors (Lipinski definition) is 2. The van der Waals surface area contributed by atoms with Crippen LogP contribution in [-0.4, -0.2) is 39.0 Å². The fourth-order valence-electron chi connectivity index (χ4n) is 5.70. The van der Waals surface area contributed by atoms with Gasteiger partial charge in [-0.15, -0.1) is 0 Å². The van der Waals surface area contributed by atoms with Crippen LogP contribution < -0.4 is 5.32 Å². The number of halogens is 3. The molecule has 1 amide bonds. The Morgan fingerprint density at radius 1 is 0.957 bits per heavy atom. The van der Waals surface area contributed by atoms with Crippen molar-refractivity contribution < 1.29 is 22.7 Å². The number of likely N-dealkylation sites (tertiary alicyclic amines) is 1. The number of nitrogens with one attached hydrogen (secondary N) is 2. The third kappa shape index (κ3) is 7.22. The Kier molecular flexibility index (Phi) is 9.05. The summed E-state index contributed by atoms with van der Waals surface area (Å²) in [5, 5.41) is 3.42. The van der Waals surface area contributed by atoms with Crippen molar-refractivity contribution in [1.29, 1.82) is 0 Å². The topological polar surface area (TPSA) is 83.1 Å². The number of aromatic amines is 1. The molecular weight excluding hydrogens is 591 g/mol. The van der Waals surface area contributed by atoms with E-state index < -0.39 is 11.7 Å². The van der Waals surface area contributed by atoms with E-state index in [9.17, 15) is 18.0 Å². The molecule has 1 aliphatic heterocycles. The molecule has 2 N–H and O–H groups in total. The number of aromatic nitrogens is 3. The summed E-state index contributed by atoms with van der Waals surface area (Å²) < 4.78 is 46.6. The number of ether oxygens (including phenoxy) is 1. The number of piperidine rings is 1. The van der Waals surface area contributed by atoms with Crippen LogP contribution in [-0.2, 0) is 17.5 Å². The molecule has 0 aliphatic carbocycles. The van der Waals surface area contributed by atoms with E-state index in [-0.39, 0.29) is 24.7 Å². The predicted octanol–water partition coefficient (Wildman–Crippen LogP) is 8.85. The van der Waals surface area contributed by atoms with Crippen LogP contribution in [0.5, 0.6) is 0 Å². The molecule has 0 bridgehead atoms. The Hall–Kier alpha value is -5.12. The molecule has 0 saturated carbocycles. The molecule has 0 spiro atoms. The van der Waals surface area contributed by atoms with Crippen molar-refractivity contribution >= 4 is 11.9 Å². The molecule has 46 heavy (non-hydrogen) atoms. The van der Waals surface area contributed by atoms with Gasteiger partial charge in [-0.05, 0) is 55.2 Å². The summed E-state index contributed by atoms with van der Waals surface area (Å²) in [5.74, 6) is 1.28. The third-order valence-electron chi connectivity index (χ3n) is 8.24. The van der Waals surface area contributed by atoms with Gasteiger partial charge in [-0.3, -0.25) is 0 Å². The first-order chi connectivity index (χ1) is 22.2. The van der Waals surface area contributed by atoms with E-state index in [2.05, 4.69) is 15.3 Å². The van der Waals surface area contributed by atoms with Gasteiger partial charge in [0.15, 0.2) is 0 Å². The van der Waals surface area contributed by atoms with Crippen molar-refractivity contribution in [3.05, 3.63) is 126 Å². The first-order valence-corrected chi connectivity index (χ1v) is 15.3. The van der Waals surface area contributed by atoms with Crippen molar-refractivity contribution in [2.75, 3.05) is 18.4 Å². The first-order valence-electron chi connectivity index (χ1n) is 15.3. The largest absolute Gasteiger partial charge is 0.445 e. The quantitative estimate of drug-likeness (QED) is 0.180. The summed E-state index contributed by atoms with van der Waals surface area (Å²) in [6, 6.07) is 28.4. The van der Waals surface area contributed by atoms with Crippen LogP contribution in [0.15, 0.2) is 103 Å². The SMILES string of the molecule is C[C@H](Nc1cc(-c2[nH]c(C3CCN(C(=O)OCc4ccccc4)CC3)nc2-c2cccc(C(F)(F)F)c2)ccn1)c1ccccc1. The van der Waals surface area contributed by atoms with Crippen molar-refractivity contribution in [2.45, 2.75) is 44.5 Å².